The van der Waals surface area contributed by atoms with Crippen molar-refractivity contribution in [2.24, 2.45) is 5.41 Å². The van der Waals surface area contributed by atoms with Crippen LogP contribution in [0.2, 0.25) is 0 Å². The Labute approximate surface area is 89.4 Å². The third-order valence-electron chi connectivity index (χ3n) is 2.52. The molecule has 0 aliphatic heterocycles. The van der Waals surface area contributed by atoms with Gasteiger partial charge in [0.05, 0.1) is 0 Å². The molecule has 0 amide bonds. The highest BCUT2D eigenvalue weighted by molar-refractivity contribution is 4.78. The highest BCUT2D eigenvalue weighted by atomic mass is 16.5. The molecule has 1 unspecified atom stereocenters. The molecule has 0 radical (unpaired) electrons. The third kappa shape index (κ3) is 6.39. The average Bonchev–Trinajstić information content (AvgIpc) is 2.09. The smallest absolute Gasteiger partial charge is 0.0466 e. The first-order chi connectivity index (χ1) is 6.52. The molecular weight excluding hydrogens is 174 g/mol. The van der Waals surface area contributed by atoms with E-state index in [0.29, 0.717) is 11.5 Å². The van der Waals surface area contributed by atoms with Crippen LogP contribution in [0.3, 0.4) is 0 Å². The molecule has 0 saturated heterocycles. The zero-order valence-electron chi connectivity index (χ0n) is 10.5. The zero-order chi connectivity index (χ0) is 11.0. The molecule has 0 heterocycles. The monoisotopic (exact) mass is 201 g/mol. The fourth-order valence-corrected chi connectivity index (χ4v) is 1.65. The summed E-state index contributed by atoms with van der Waals surface area (Å²) >= 11 is 0. The molecule has 1 atom stereocenters. The second-order valence-electron chi connectivity index (χ2n) is 4.96. The summed E-state index contributed by atoms with van der Waals surface area (Å²) in [5.41, 5.74) is 0.347. The maximum atomic E-state index is 5.46. The number of nitrogens with one attached hydrogen (secondary N) is 1. The lowest BCUT2D eigenvalue weighted by atomic mass is 9.84. The second kappa shape index (κ2) is 7.24. The van der Waals surface area contributed by atoms with Crippen molar-refractivity contribution in [1.29, 1.82) is 0 Å². The molecule has 0 aliphatic carbocycles. The molecule has 0 aromatic heterocycles. The van der Waals surface area contributed by atoms with Crippen LogP contribution in [0, 0.1) is 5.41 Å². The molecule has 0 bridgehead atoms. The molecule has 0 aromatic rings. The Morgan fingerprint density at radius 3 is 2.29 bits per heavy atom. The van der Waals surface area contributed by atoms with Gasteiger partial charge < -0.3 is 10.1 Å². The van der Waals surface area contributed by atoms with Gasteiger partial charge in [0, 0.05) is 19.3 Å². The summed E-state index contributed by atoms with van der Waals surface area (Å²) < 4.78 is 5.46. The van der Waals surface area contributed by atoms with Gasteiger partial charge in [0.2, 0.25) is 0 Å². The standard InChI is InChI=1S/C12H27NO/c1-6-9-14-10-7-8-11(13-5)12(2,3)4/h11,13H,6-10H2,1-5H3. The van der Waals surface area contributed by atoms with Crippen LogP contribution in [0.5, 0.6) is 0 Å². The van der Waals surface area contributed by atoms with Gasteiger partial charge >= 0.3 is 0 Å². The largest absolute Gasteiger partial charge is 0.381 e. The Kier molecular flexibility index (Phi) is 7.20. The van der Waals surface area contributed by atoms with Gasteiger partial charge in [-0.15, -0.1) is 0 Å². The summed E-state index contributed by atoms with van der Waals surface area (Å²) in [5, 5.41) is 3.38. The van der Waals surface area contributed by atoms with E-state index in [9.17, 15) is 0 Å². The summed E-state index contributed by atoms with van der Waals surface area (Å²) in [6.45, 7) is 10.8. The molecule has 0 aliphatic rings. The van der Waals surface area contributed by atoms with E-state index in [2.05, 4.69) is 33.0 Å². The SMILES string of the molecule is CCCOCCCC(NC)C(C)(C)C. The van der Waals surface area contributed by atoms with Gasteiger partial charge in [0.15, 0.2) is 0 Å². The Morgan fingerprint density at radius 1 is 1.21 bits per heavy atom. The van der Waals surface area contributed by atoms with Crippen molar-refractivity contribution in [2.45, 2.75) is 53.0 Å². The first-order valence-electron chi connectivity index (χ1n) is 5.77. The first-order valence-corrected chi connectivity index (χ1v) is 5.77. The lowest BCUT2D eigenvalue weighted by Crippen LogP contribution is -2.38. The van der Waals surface area contributed by atoms with E-state index in [0.717, 1.165) is 26.1 Å². The van der Waals surface area contributed by atoms with Crippen LogP contribution in [0.1, 0.15) is 47.0 Å². The highest BCUT2D eigenvalue weighted by Gasteiger charge is 2.21. The molecule has 1 N–H and O–H groups in total. The molecule has 0 spiro atoms. The van der Waals surface area contributed by atoms with Crippen molar-refractivity contribution >= 4 is 0 Å². The lowest BCUT2D eigenvalue weighted by Gasteiger charge is -2.30. The van der Waals surface area contributed by atoms with Gasteiger partial charge in [-0.1, -0.05) is 27.7 Å². The van der Waals surface area contributed by atoms with Crippen molar-refractivity contribution in [3.8, 4) is 0 Å². The average molecular weight is 201 g/mol. The molecule has 2 nitrogen and oxygen atoms in total. The normalized spacial score (nSPS) is 14.4. The molecule has 2 heteroatoms. The van der Waals surface area contributed by atoms with Gasteiger partial charge in [-0.25, -0.2) is 0 Å². The van der Waals surface area contributed by atoms with Crippen LogP contribution < -0.4 is 5.32 Å². The van der Waals surface area contributed by atoms with Crippen molar-refractivity contribution in [3.63, 3.8) is 0 Å². The maximum absolute atomic E-state index is 5.46. The number of rotatable bonds is 7. The molecule has 0 aromatic carbocycles. The van der Waals surface area contributed by atoms with Crippen LogP contribution in [0.15, 0.2) is 0 Å². The topological polar surface area (TPSA) is 21.3 Å². The number of hydrogen-bond donors (Lipinski definition) is 1. The van der Waals surface area contributed by atoms with Gasteiger partial charge in [-0.05, 0) is 31.7 Å². The fourth-order valence-electron chi connectivity index (χ4n) is 1.65. The van der Waals surface area contributed by atoms with Crippen LogP contribution in [-0.2, 0) is 4.74 Å². The second-order valence-corrected chi connectivity index (χ2v) is 4.96. The van der Waals surface area contributed by atoms with Crippen molar-refractivity contribution < 1.29 is 4.74 Å². The van der Waals surface area contributed by atoms with E-state index < -0.39 is 0 Å². The van der Waals surface area contributed by atoms with Gasteiger partial charge in [0.1, 0.15) is 0 Å². The molecule has 14 heavy (non-hydrogen) atoms. The quantitative estimate of drug-likeness (QED) is 0.640. The minimum atomic E-state index is 0.347. The predicted molar refractivity (Wildman–Crippen MR) is 62.6 cm³/mol. The van der Waals surface area contributed by atoms with E-state index in [1.54, 1.807) is 0 Å². The van der Waals surface area contributed by atoms with Crippen molar-refractivity contribution in [2.75, 3.05) is 20.3 Å². The van der Waals surface area contributed by atoms with Gasteiger partial charge in [0.25, 0.3) is 0 Å². The maximum Gasteiger partial charge on any atom is 0.0466 e. The van der Waals surface area contributed by atoms with Crippen LogP contribution in [-0.4, -0.2) is 26.3 Å². The number of hydrogen-bond acceptors (Lipinski definition) is 2. The van der Waals surface area contributed by atoms with E-state index in [-0.39, 0.29) is 0 Å². The van der Waals surface area contributed by atoms with Crippen LogP contribution >= 0.6 is 0 Å². The number of ether oxygens (including phenoxy) is 1. The lowest BCUT2D eigenvalue weighted by molar-refractivity contribution is 0.123. The summed E-state index contributed by atoms with van der Waals surface area (Å²) in [6, 6.07) is 0.590. The summed E-state index contributed by atoms with van der Waals surface area (Å²) in [7, 11) is 2.04. The van der Waals surface area contributed by atoms with Crippen LogP contribution in [0.4, 0.5) is 0 Å². The Morgan fingerprint density at radius 2 is 1.86 bits per heavy atom. The fraction of sp³-hybridized carbons (Fsp3) is 1.00. The van der Waals surface area contributed by atoms with Gasteiger partial charge in [-0.3, -0.25) is 0 Å². The van der Waals surface area contributed by atoms with Crippen molar-refractivity contribution in [3.05, 3.63) is 0 Å². The van der Waals surface area contributed by atoms with E-state index in [1.165, 1.54) is 6.42 Å². The van der Waals surface area contributed by atoms with Crippen LogP contribution in [0.25, 0.3) is 0 Å². The predicted octanol–water partition coefficient (Wildman–Crippen LogP) is 2.83. The summed E-state index contributed by atoms with van der Waals surface area (Å²) in [5.74, 6) is 0. The zero-order valence-corrected chi connectivity index (χ0v) is 10.5. The molecule has 0 fully saturated rings. The first kappa shape index (κ1) is 13.9. The summed E-state index contributed by atoms with van der Waals surface area (Å²) in [6.07, 6.45) is 3.47. The van der Waals surface area contributed by atoms with Crippen molar-refractivity contribution in [1.82, 2.24) is 5.32 Å². The molecule has 0 saturated carbocycles. The minimum absolute atomic E-state index is 0.347. The third-order valence-corrected chi connectivity index (χ3v) is 2.52. The summed E-state index contributed by atoms with van der Waals surface area (Å²) in [4.78, 5) is 0. The van der Waals surface area contributed by atoms with Gasteiger partial charge in [-0.2, -0.15) is 0 Å². The Balaban J connectivity index is 3.54. The Hall–Kier alpha value is -0.0800. The van der Waals surface area contributed by atoms with E-state index >= 15 is 0 Å². The van der Waals surface area contributed by atoms with E-state index in [1.807, 2.05) is 7.05 Å². The molecular formula is C12H27NO. The molecule has 0 rings (SSSR count). The highest BCUT2D eigenvalue weighted by Crippen LogP contribution is 2.22. The molecule has 86 valence electrons. The minimum Gasteiger partial charge on any atom is -0.381 e. The Bertz CT molecular complexity index is 129. The van der Waals surface area contributed by atoms with E-state index in [4.69, 9.17) is 4.74 Å².